The topological polar surface area (TPSA) is 62.6 Å². The second-order valence-corrected chi connectivity index (χ2v) is 10.9. The Hall–Kier alpha value is -2.56. The van der Waals surface area contributed by atoms with Gasteiger partial charge in [0.25, 0.3) is 0 Å². The van der Waals surface area contributed by atoms with Gasteiger partial charge in [-0.15, -0.1) is 0 Å². The van der Waals surface area contributed by atoms with Crippen molar-refractivity contribution in [2.75, 3.05) is 11.9 Å². The van der Waals surface area contributed by atoms with Crippen molar-refractivity contribution in [3.8, 4) is 11.3 Å². The van der Waals surface area contributed by atoms with Crippen molar-refractivity contribution in [2.24, 2.45) is 17.3 Å². The molecule has 1 aromatic carbocycles. The predicted molar refractivity (Wildman–Crippen MR) is 129 cm³/mol. The Balaban J connectivity index is 1.66. The summed E-state index contributed by atoms with van der Waals surface area (Å²) < 4.78 is 6.13. The van der Waals surface area contributed by atoms with Crippen molar-refractivity contribution < 1.29 is 14.0 Å². The lowest BCUT2D eigenvalue weighted by Crippen LogP contribution is -2.35. The first-order chi connectivity index (χ1) is 15.0. The summed E-state index contributed by atoms with van der Waals surface area (Å²) in [5.41, 5.74) is 3.00. The zero-order valence-electron chi connectivity index (χ0n) is 20.5. The molecule has 0 saturated heterocycles. The maximum absolute atomic E-state index is 12.5. The summed E-state index contributed by atoms with van der Waals surface area (Å²) in [6.07, 6.45) is 2.84. The molecule has 0 fully saturated rings. The number of hydrogen-bond donors (Lipinski definition) is 1. The molecule has 174 valence electrons. The molecule has 2 amide bonds. The van der Waals surface area contributed by atoms with Gasteiger partial charge in [0.15, 0.2) is 0 Å². The number of carbonyl (C=O) groups is 2. The number of carbonyl (C=O) groups excluding carboxylic acids is 2. The van der Waals surface area contributed by atoms with Gasteiger partial charge in [0.05, 0.1) is 0 Å². The highest BCUT2D eigenvalue weighted by Crippen LogP contribution is 2.31. The number of furan rings is 1. The number of nitrogens with zero attached hydrogens (tertiary/aromatic N) is 1. The highest BCUT2D eigenvalue weighted by Gasteiger charge is 2.25. The third kappa shape index (κ3) is 6.72. The minimum Gasteiger partial charge on any atom is -0.461 e. The van der Waals surface area contributed by atoms with Crippen molar-refractivity contribution in [1.29, 1.82) is 0 Å². The van der Waals surface area contributed by atoms with Gasteiger partial charge in [0, 0.05) is 49.2 Å². The molecule has 1 unspecified atom stereocenters. The molecule has 5 nitrogen and oxygen atoms in total. The maximum Gasteiger partial charge on any atom is 0.224 e. The molecule has 1 aliphatic rings. The van der Waals surface area contributed by atoms with Gasteiger partial charge in [-0.1, -0.05) is 53.7 Å². The van der Waals surface area contributed by atoms with E-state index in [1.165, 1.54) is 0 Å². The Kier molecular flexibility index (Phi) is 7.47. The van der Waals surface area contributed by atoms with Crippen molar-refractivity contribution in [3.05, 3.63) is 41.7 Å². The summed E-state index contributed by atoms with van der Waals surface area (Å²) >= 11 is 0. The van der Waals surface area contributed by atoms with Crippen LogP contribution in [0, 0.1) is 17.3 Å². The summed E-state index contributed by atoms with van der Waals surface area (Å²) in [5.74, 6) is 2.68. The third-order valence-corrected chi connectivity index (χ3v) is 5.73. The molecule has 0 aliphatic carbocycles. The lowest BCUT2D eigenvalue weighted by Gasteiger charge is -2.26. The first kappa shape index (κ1) is 24.1. The van der Waals surface area contributed by atoms with Crippen LogP contribution in [0.2, 0.25) is 0 Å². The number of nitrogens with one attached hydrogen (secondary N) is 1. The second-order valence-electron chi connectivity index (χ2n) is 10.9. The third-order valence-electron chi connectivity index (χ3n) is 5.73. The molecule has 1 N–H and O–H groups in total. The smallest absolute Gasteiger partial charge is 0.224 e. The number of hydrogen-bond acceptors (Lipinski definition) is 3. The molecule has 0 spiro atoms. The highest BCUT2D eigenvalue weighted by atomic mass is 16.3. The van der Waals surface area contributed by atoms with Gasteiger partial charge in [-0.2, -0.15) is 0 Å². The van der Waals surface area contributed by atoms with Gasteiger partial charge in [0.1, 0.15) is 11.5 Å². The highest BCUT2D eigenvalue weighted by molar-refractivity contribution is 5.91. The Morgan fingerprint density at radius 1 is 1.12 bits per heavy atom. The number of benzene rings is 1. The summed E-state index contributed by atoms with van der Waals surface area (Å²) in [6.45, 7) is 14.2. The van der Waals surface area contributed by atoms with E-state index in [1.54, 1.807) is 0 Å². The molecular weight excluding hydrogens is 400 g/mol. The summed E-state index contributed by atoms with van der Waals surface area (Å²) in [6, 6.07) is 9.83. The monoisotopic (exact) mass is 438 g/mol. The first-order valence-corrected chi connectivity index (χ1v) is 11.8. The molecule has 1 aliphatic heterocycles. The minimum atomic E-state index is 0.0388. The normalized spacial score (nSPS) is 14.9. The van der Waals surface area contributed by atoms with Gasteiger partial charge < -0.3 is 14.6 Å². The van der Waals surface area contributed by atoms with Crippen LogP contribution in [0.5, 0.6) is 0 Å². The molecule has 0 saturated carbocycles. The first-order valence-electron chi connectivity index (χ1n) is 11.8. The molecule has 0 radical (unpaired) electrons. The minimum absolute atomic E-state index is 0.0388. The van der Waals surface area contributed by atoms with Crippen LogP contribution < -0.4 is 5.32 Å². The van der Waals surface area contributed by atoms with Crippen molar-refractivity contribution in [3.63, 3.8) is 0 Å². The van der Waals surface area contributed by atoms with Crippen LogP contribution >= 0.6 is 0 Å². The van der Waals surface area contributed by atoms with Crippen LogP contribution in [-0.4, -0.2) is 23.3 Å². The van der Waals surface area contributed by atoms with Gasteiger partial charge in [0.2, 0.25) is 11.8 Å². The van der Waals surface area contributed by atoms with Crippen molar-refractivity contribution >= 4 is 17.5 Å². The van der Waals surface area contributed by atoms with Gasteiger partial charge in [-0.05, 0) is 41.9 Å². The maximum atomic E-state index is 12.5. The van der Waals surface area contributed by atoms with Crippen LogP contribution in [0.3, 0.4) is 0 Å². The van der Waals surface area contributed by atoms with E-state index in [-0.39, 0.29) is 17.2 Å². The standard InChI is InChI=1S/C27H38N2O3/c1-18(2)12-26(31)29-11-10-23-21(17-29)15-24(32-23)20-8-7-9-22(14-20)28-25(30)13-19(3)16-27(4,5)6/h7-9,14-15,18-19H,10-13,16-17H2,1-6H3,(H,28,30). The Morgan fingerprint density at radius 3 is 2.56 bits per heavy atom. The Morgan fingerprint density at radius 2 is 1.88 bits per heavy atom. The molecule has 2 aromatic rings. The zero-order valence-corrected chi connectivity index (χ0v) is 20.5. The number of fused-ring (bicyclic) bond motifs is 1. The largest absolute Gasteiger partial charge is 0.461 e. The fraction of sp³-hybridized carbons (Fsp3) is 0.556. The lowest BCUT2D eigenvalue weighted by atomic mass is 9.84. The molecule has 2 heterocycles. The van der Waals surface area contributed by atoms with E-state index in [0.717, 1.165) is 41.2 Å². The lowest BCUT2D eigenvalue weighted by molar-refractivity contribution is -0.133. The fourth-order valence-electron chi connectivity index (χ4n) is 4.56. The van der Waals surface area contributed by atoms with Crippen molar-refractivity contribution in [1.82, 2.24) is 4.90 Å². The van der Waals surface area contributed by atoms with Crippen LogP contribution in [0.4, 0.5) is 5.69 Å². The van der Waals surface area contributed by atoms with E-state index >= 15 is 0 Å². The van der Waals surface area contributed by atoms with E-state index in [2.05, 4.69) is 46.9 Å². The molecule has 3 rings (SSSR count). The van der Waals surface area contributed by atoms with Crippen LogP contribution in [0.1, 0.15) is 72.1 Å². The van der Waals surface area contributed by atoms with Gasteiger partial charge >= 0.3 is 0 Å². The van der Waals surface area contributed by atoms with Crippen LogP contribution in [0.25, 0.3) is 11.3 Å². The Labute approximate surface area is 192 Å². The molecule has 1 atom stereocenters. The summed E-state index contributed by atoms with van der Waals surface area (Å²) in [4.78, 5) is 26.9. The number of anilines is 1. The summed E-state index contributed by atoms with van der Waals surface area (Å²) in [5, 5.41) is 3.04. The van der Waals surface area contributed by atoms with Gasteiger partial charge in [-0.25, -0.2) is 0 Å². The average Bonchev–Trinajstić information content (AvgIpc) is 3.09. The number of rotatable bonds is 7. The fourth-order valence-corrected chi connectivity index (χ4v) is 4.56. The average molecular weight is 439 g/mol. The second kappa shape index (κ2) is 9.93. The van der Waals surface area contributed by atoms with E-state index < -0.39 is 0 Å². The molecule has 0 bridgehead atoms. The van der Waals surface area contributed by atoms with Crippen molar-refractivity contribution in [2.45, 2.75) is 73.8 Å². The van der Waals surface area contributed by atoms with Gasteiger partial charge in [-0.3, -0.25) is 9.59 Å². The SMILES string of the molecule is CC(C)CC(=O)N1CCc2oc(-c3cccc(NC(=O)CC(C)CC(C)(C)C)c3)cc2C1. The molecule has 32 heavy (non-hydrogen) atoms. The van der Waals surface area contributed by atoms with E-state index in [1.807, 2.05) is 35.2 Å². The Bertz CT molecular complexity index is 952. The van der Waals surface area contributed by atoms with E-state index in [9.17, 15) is 9.59 Å². The van der Waals surface area contributed by atoms with Crippen LogP contribution in [-0.2, 0) is 22.6 Å². The zero-order chi connectivity index (χ0) is 23.5. The molecule has 5 heteroatoms. The molecular formula is C27H38N2O3. The predicted octanol–water partition coefficient (Wildman–Crippen LogP) is 6.28. The molecule has 1 aromatic heterocycles. The van der Waals surface area contributed by atoms with E-state index in [0.29, 0.717) is 37.8 Å². The number of amides is 2. The van der Waals surface area contributed by atoms with E-state index in [4.69, 9.17) is 4.42 Å². The van der Waals surface area contributed by atoms with Crippen LogP contribution in [0.15, 0.2) is 34.7 Å². The quantitative estimate of drug-likeness (QED) is 0.553. The summed E-state index contributed by atoms with van der Waals surface area (Å²) in [7, 11) is 0.